The highest BCUT2D eigenvalue weighted by Gasteiger charge is 2.27. The Labute approximate surface area is 186 Å². The number of nitrogens with zero attached hydrogens (tertiary/aromatic N) is 2. The average Bonchev–Trinajstić information content (AvgIpc) is 3.22. The second kappa shape index (κ2) is 7.95. The number of sulfonamides is 1. The molecule has 0 aliphatic heterocycles. The predicted octanol–water partition coefficient (Wildman–Crippen LogP) is 3.15. The Morgan fingerprint density at radius 2 is 2.10 bits per heavy atom. The molecule has 3 heterocycles. The molecule has 8 nitrogen and oxygen atoms in total. The molecule has 1 amide bonds. The van der Waals surface area contributed by atoms with Gasteiger partial charge in [-0.05, 0) is 37.3 Å². The Bertz CT molecular complexity index is 1480. The van der Waals surface area contributed by atoms with E-state index in [2.05, 4.69) is 9.97 Å². The molecule has 0 atom stereocenters. The number of aryl methyl sites for hydroxylation is 1. The van der Waals surface area contributed by atoms with E-state index in [1.807, 2.05) is 17.0 Å². The van der Waals surface area contributed by atoms with Crippen LogP contribution in [-0.4, -0.2) is 35.1 Å². The summed E-state index contributed by atoms with van der Waals surface area (Å²) in [6.07, 6.45) is 2.37. The Kier molecular flexibility index (Phi) is 5.46. The summed E-state index contributed by atoms with van der Waals surface area (Å²) in [6.45, 7) is 2.08. The normalized spacial score (nSPS) is 11.7. The van der Waals surface area contributed by atoms with Gasteiger partial charge in [-0.1, -0.05) is 11.6 Å². The van der Waals surface area contributed by atoms with Gasteiger partial charge in [-0.3, -0.25) is 9.59 Å². The molecule has 0 saturated heterocycles. The van der Waals surface area contributed by atoms with Gasteiger partial charge in [0, 0.05) is 38.6 Å². The van der Waals surface area contributed by atoms with Crippen LogP contribution in [0.4, 0.5) is 0 Å². The standard InChI is InChI=1S/C20H17ClN4O4S2/c1-11-23-13(10-30-11)9-25-16-6-5-12(21)8-15(16)17(14-4-3-7-22-19(14)26)18(25)20(27)24-31(2,28)29/h3-8,10H,9H2,1-2H3,(H,22,26)(H,24,27). The number of benzene rings is 1. The zero-order chi connectivity index (χ0) is 22.3. The number of hydrogen-bond donors (Lipinski definition) is 2. The van der Waals surface area contributed by atoms with Gasteiger partial charge in [0.25, 0.3) is 11.5 Å². The largest absolute Gasteiger partial charge is 0.330 e. The maximum absolute atomic E-state index is 13.2. The summed E-state index contributed by atoms with van der Waals surface area (Å²) in [4.78, 5) is 32.8. The van der Waals surface area contributed by atoms with Crippen molar-refractivity contribution in [2.75, 3.05) is 6.26 Å². The molecular formula is C20H17ClN4O4S2. The van der Waals surface area contributed by atoms with Crippen LogP contribution in [0.3, 0.4) is 0 Å². The number of aromatic amines is 1. The fourth-order valence-electron chi connectivity index (χ4n) is 3.48. The monoisotopic (exact) mass is 476 g/mol. The SMILES string of the molecule is Cc1nc(Cn2c(C(=O)NS(C)(=O)=O)c(-c3ccc[nH]c3=O)c3cc(Cl)ccc32)cs1. The number of nitrogens with one attached hydrogen (secondary N) is 2. The topological polar surface area (TPSA) is 114 Å². The van der Waals surface area contributed by atoms with Crippen molar-refractivity contribution in [3.63, 3.8) is 0 Å². The first-order chi connectivity index (χ1) is 14.6. The van der Waals surface area contributed by atoms with Gasteiger partial charge in [0.1, 0.15) is 5.69 Å². The van der Waals surface area contributed by atoms with Gasteiger partial charge in [-0.15, -0.1) is 11.3 Å². The van der Waals surface area contributed by atoms with Crippen molar-refractivity contribution in [1.82, 2.24) is 19.3 Å². The van der Waals surface area contributed by atoms with Crippen LogP contribution in [0.15, 0.2) is 46.7 Å². The summed E-state index contributed by atoms with van der Waals surface area (Å²) in [6, 6.07) is 8.26. The lowest BCUT2D eigenvalue weighted by molar-refractivity contribution is 0.0974. The zero-order valence-electron chi connectivity index (χ0n) is 16.5. The van der Waals surface area contributed by atoms with Crippen LogP contribution >= 0.6 is 22.9 Å². The van der Waals surface area contributed by atoms with Gasteiger partial charge in [0.15, 0.2) is 0 Å². The van der Waals surface area contributed by atoms with Crippen LogP contribution in [0.2, 0.25) is 5.02 Å². The van der Waals surface area contributed by atoms with E-state index in [1.54, 1.807) is 34.9 Å². The zero-order valence-corrected chi connectivity index (χ0v) is 18.9. The van der Waals surface area contributed by atoms with E-state index in [0.29, 0.717) is 27.2 Å². The first-order valence-electron chi connectivity index (χ1n) is 9.07. The number of H-pyrrole nitrogens is 1. The molecule has 0 unspecified atom stereocenters. The summed E-state index contributed by atoms with van der Waals surface area (Å²) in [5.41, 5.74) is 1.46. The highest BCUT2D eigenvalue weighted by Crippen LogP contribution is 2.36. The lowest BCUT2D eigenvalue weighted by Crippen LogP contribution is -2.32. The van der Waals surface area contributed by atoms with E-state index in [-0.39, 0.29) is 17.8 Å². The number of hydrogen-bond acceptors (Lipinski definition) is 6. The number of fused-ring (bicyclic) bond motifs is 1. The molecule has 0 bridgehead atoms. The summed E-state index contributed by atoms with van der Waals surface area (Å²) >= 11 is 7.69. The fraction of sp³-hybridized carbons (Fsp3) is 0.150. The number of amides is 1. The third-order valence-electron chi connectivity index (χ3n) is 4.59. The van der Waals surface area contributed by atoms with Gasteiger partial charge < -0.3 is 9.55 Å². The van der Waals surface area contributed by atoms with Gasteiger partial charge in [-0.2, -0.15) is 0 Å². The Morgan fingerprint density at radius 3 is 2.74 bits per heavy atom. The minimum Gasteiger partial charge on any atom is -0.330 e. The van der Waals surface area contributed by atoms with E-state index < -0.39 is 21.5 Å². The lowest BCUT2D eigenvalue weighted by atomic mass is 10.0. The van der Waals surface area contributed by atoms with E-state index >= 15 is 0 Å². The van der Waals surface area contributed by atoms with Crippen LogP contribution in [0, 0.1) is 6.92 Å². The highest BCUT2D eigenvalue weighted by molar-refractivity contribution is 7.89. The van der Waals surface area contributed by atoms with E-state index in [9.17, 15) is 18.0 Å². The molecule has 0 radical (unpaired) electrons. The first kappa shape index (κ1) is 21.3. The maximum atomic E-state index is 13.2. The molecule has 160 valence electrons. The Hall–Kier alpha value is -2.95. The van der Waals surface area contributed by atoms with Crippen molar-refractivity contribution < 1.29 is 13.2 Å². The minimum atomic E-state index is -3.85. The molecule has 3 aromatic heterocycles. The second-order valence-electron chi connectivity index (χ2n) is 6.95. The Balaban J connectivity index is 2.09. The molecule has 11 heteroatoms. The third kappa shape index (κ3) is 4.27. The number of thiazole rings is 1. The van der Waals surface area contributed by atoms with Crippen LogP contribution in [-0.2, 0) is 16.6 Å². The number of aromatic nitrogens is 3. The smallest absolute Gasteiger partial charge is 0.282 e. The minimum absolute atomic E-state index is 0.0324. The van der Waals surface area contributed by atoms with Gasteiger partial charge in [-0.25, -0.2) is 18.1 Å². The van der Waals surface area contributed by atoms with Crippen LogP contribution in [0.1, 0.15) is 21.2 Å². The maximum Gasteiger partial charge on any atom is 0.282 e. The van der Waals surface area contributed by atoms with Gasteiger partial charge in [0.05, 0.1) is 23.5 Å². The van der Waals surface area contributed by atoms with Crippen molar-refractivity contribution in [3.05, 3.63) is 73.7 Å². The summed E-state index contributed by atoms with van der Waals surface area (Å²) in [5, 5.41) is 3.69. The van der Waals surface area contributed by atoms with Crippen molar-refractivity contribution in [3.8, 4) is 11.1 Å². The van der Waals surface area contributed by atoms with Crippen LogP contribution < -0.4 is 10.3 Å². The first-order valence-corrected chi connectivity index (χ1v) is 12.2. The number of carbonyl (C=O) groups excluding carboxylic acids is 1. The molecule has 4 aromatic rings. The second-order valence-corrected chi connectivity index (χ2v) is 10.2. The molecule has 0 spiro atoms. The molecular weight excluding hydrogens is 460 g/mol. The molecule has 31 heavy (non-hydrogen) atoms. The number of halogens is 1. The van der Waals surface area contributed by atoms with E-state index in [4.69, 9.17) is 11.6 Å². The average molecular weight is 477 g/mol. The number of carbonyl (C=O) groups is 1. The molecule has 0 fully saturated rings. The predicted molar refractivity (Wildman–Crippen MR) is 121 cm³/mol. The Morgan fingerprint density at radius 1 is 1.32 bits per heavy atom. The quantitative estimate of drug-likeness (QED) is 0.459. The molecule has 1 aromatic carbocycles. The van der Waals surface area contributed by atoms with E-state index in [1.165, 1.54) is 17.5 Å². The van der Waals surface area contributed by atoms with Crippen molar-refractivity contribution in [2.45, 2.75) is 13.5 Å². The van der Waals surface area contributed by atoms with Crippen molar-refractivity contribution in [1.29, 1.82) is 0 Å². The molecule has 0 saturated carbocycles. The number of pyridine rings is 1. The molecule has 4 rings (SSSR count). The molecule has 0 aliphatic carbocycles. The van der Waals surface area contributed by atoms with Crippen LogP contribution in [0.5, 0.6) is 0 Å². The summed E-state index contributed by atoms with van der Waals surface area (Å²) < 4.78 is 27.3. The van der Waals surface area contributed by atoms with E-state index in [0.717, 1.165) is 11.3 Å². The van der Waals surface area contributed by atoms with Crippen LogP contribution in [0.25, 0.3) is 22.0 Å². The fourth-order valence-corrected chi connectivity index (χ4v) is 4.69. The van der Waals surface area contributed by atoms with Gasteiger partial charge >= 0.3 is 0 Å². The summed E-state index contributed by atoms with van der Waals surface area (Å²) in [5.74, 6) is -0.847. The molecule has 2 N–H and O–H groups in total. The van der Waals surface area contributed by atoms with Gasteiger partial charge in [0.2, 0.25) is 10.0 Å². The highest BCUT2D eigenvalue weighted by atomic mass is 35.5. The van der Waals surface area contributed by atoms with Crippen molar-refractivity contribution in [2.24, 2.45) is 0 Å². The summed E-state index contributed by atoms with van der Waals surface area (Å²) in [7, 11) is -3.85. The molecule has 0 aliphatic rings. The third-order valence-corrected chi connectivity index (χ3v) is 6.21. The number of rotatable bonds is 5. The lowest BCUT2D eigenvalue weighted by Gasteiger charge is -2.11. The van der Waals surface area contributed by atoms with Crippen molar-refractivity contribution >= 4 is 49.8 Å².